The van der Waals surface area contributed by atoms with E-state index in [-0.39, 0.29) is 17.8 Å². The van der Waals surface area contributed by atoms with Gasteiger partial charge >= 0.3 is 0 Å². The molecular weight excluding hydrogens is 361 g/mol. The number of hydrogen-bond acceptors (Lipinski definition) is 4. The Bertz CT molecular complexity index is 983. The zero-order valence-electron chi connectivity index (χ0n) is 15.6. The minimum absolute atomic E-state index is 0.145. The number of amides is 1. The molecule has 0 spiro atoms. The number of aromatic amines is 1. The van der Waals surface area contributed by atoms with Crippen LogP contribution in [0.2, 0.25) is 0 Å². The molecule has 0 saturated carbocycles. The number of hydrogen-bond donors (Lipinski definition) is 1. The summed E-state index contributed by atoms with van der Waals surface area (Å²) < 4.78 is 23.9. The number of ether oxygens (including phenoxy) is 2. The highest BCUT2D eigenvalue weighted by Gasteiger charge is 2.41. The standard InChI is InChI=1S/C21H20FN3O3/c1-27-12-11-25-20(14-3-7-15(22)8-4-14)17-18(23-24-19(17)21(25)26)13-5-9-16(28-2)10-6-13/h3-10,20H,11-12H2,1-2H3,(H,23,24). The third-order valence-corrected chi connectivity index (χ3v) is 4.95. The van der Waals surface area contributed by atoms with E-state index in [9.17, 15) is 9.18 Å². The molecule has 0 radical (unpaired) electrons. The van der Waals surface area contributed by atoms with Crippen molar-refractivity contribution in [3.8, 4) is 17.0 Å². The lowest BCUT2D eigenvalue weighted by atomic mass is 9.96. The third kappa shape index (κ3) is 3.03. The Labute approximate surface area is 161 Å². The monoisotopic (exact) mass is 381 g/mol. The molecule has 1 unspecified atom stereocenters. The second-order valence-corrected chi connectivity index (χ2v) is 6.53. The van der Waals surface area contributed by atoms with E-state index in [0.29, 0.717) is 24.5 Å². The van der Waals surface area contributed by atoms with Crippen molar-refractivity contribution in [2.24, 2.45) is 0 Å². The van der Waals surface area contributed by atoms with E-state index in [1.54, 1.807) is 31.3 Å². The van der Waals surface area contributed by atoms with Gasteiger partial charge < -0.3 is 14.4 Å². The molecule has 144 valence electrons. The number of halogens is 1. The molecule has 3 aromatic rings. The van der Waals surface area contributed by atoms with Gasteiger partial charge in [0.25, 0.3) is 5.91 Å². The molecule has 7 heteroatoms. The van der Waals surface area contributed by atoms with Gasteiger partial charge in [-0.1, -0.05) is 12.1 Å². The Balaban J connectivity index is 1.82. The topological polar surface area (TPSA) is 67.5 Å². The Morgan fingerprint density at radius 2 is 1.82 bits per heavy atom. The van der Waals surface area contributed by atoms with Crippen LogP contribution in [-0.2, 0) is 4.74 Å². The van der Waals surface area contributed by atoms with Gasteiger partial charge in [-0.15, -0.1) is 0 Å². The van der Waals surface area contributed by atoms with Gasteiger partial charge in [-0.3, -0.25) is 9.89 Å². The summed E-state index contributed by atoms with van der Waals surface area (Å²) in [4.78, 5) is 14.7. The average molecular weight is 381 g/mol. The van der Waals surface area contributed by atoms with Gasteiger partial charge in [0.05, 0.1) is 25.5 Å². The van der Waals surface area contributed by atoms with Crippen LogP contribution < -0.4 is 4.74 Å². The van der Waals surface area contributed by atoms with Gasteiger partial charge in [-0.05, 0) is 42.0 Å². The van der Waals surface area contributed by atoms with Crippen LogP contribution in [0.5, 0.6) is 5.75 Å². The summed E-state index contributed by atoms with van der Waals surface area (Å²) >= 11 is 0. The predicted octanol–water partition coefficient (Wildman–Crippen LogP) is 3.42. The quantitative estimate of drug-likeness (QED) is 0.711. The number of aromatic nitrogens is 2. The summed E-state index contributed by atoms with van der Waals surface area (Å²) in [6.07, 6.45) is 0. The fourth-order valence-corrected chi connectivity index (χ4v) is 3.58. The van der Waals surface area contributed by atoms with Crippen molar-refractivity contribution in [2.45, 2.75) is 6.04 Å². The molecule has 0 bridgehead atoms. The number of nitrogens with zero attached hydrogens (tertiary/aromatic N) is 2. The van der Waals surface area contributed by atoms with Gasteiger partial charge in [0, 0.05) is 24.8 Å². The number of carbonyl (C=O) groups excluding carboxylic acids is 1. The van der Waals surface area contributed by atoms with Crippen LogP contribution in [0.4, 0.5) is 4.39 Å². The van der Waals surface area contributed by atoms with E-state index >= 15 is 0 Å². The Morgan fingerprint density at radius 3 is 2.46 bits per heavy atom. The predicted molar refractivity (Wildman–Crippen MR) is 102 cm³/mol. The van der Waals surface area contributed by atoms with Crippen molar-refractivity contribution < 1.29 is 18.7 Å². The molecule has 0 saturated heterocycles. The van der Waals surface area contributed by atoms with Gasteiger partial charge in [-0.2, -0.15) is 5.10 Å². The summed E-state index contributed by atoms with van der Waals surface area (Å²) in [6, 6.07) is 13.3. The van der Waals surface area contributed by atoms with Gasteiger partial charge in [0.15, 0.2) is 0 Å². The molecule has 1 aliphatic rings. The van der Waals surface area contributed by atoms with Crippen LogP contribution in [0.25, 0.3) is 11.3 Å². The summed E-state index contributed by atoms with van der Waals surface area (Å²) in [7, 11) is 3.20. The molecule has 0 aliphatic carbocycles. The second-order valence-electron chi connectivity index (χ2n) is 6.53. The summed E-state index contributed by atoms with van der Waals surface area (Å²) in [5.74, 6) is 0.275. The lowest BCUT2D eigenvalue weighted by Crippen LogP contribution is -2.32. The molecule has 6 nitrogen and oxygen atoms in total. The van der Waals surface area contributed by atoms with Crippen molar-refractivity contribution in [3.05, 3.63) is 71.2 Å². The molecular formula is C21H20FN3O3. The molecule has 1 aliphatic heterocycles. The van der Waals surface area contributed by atoms with E-state index in [1.807, 2.05) is 24.3 Å². The summed E-state index contributed by atoms with van der Waals surface area (Å²) in [6.45, 7) is 0.820. The highest BCUT2D eigenvalue weighted by molar-refractivity contribution is 6.00. The molecule has 2 heterocycles. The highest BCUT2D eigenvalue weighted by atomic mass is 19.1. The largest absolute Gasteiger partial charge is 0.497 e. The number of methoxy groups -OCH3 is 2. The number of rotatable bonds is 6. The first-order valence-corrected chi connectivity index (χ1v) is 8.92. The maximum Gasteiger partial charge on any atom is 0.273 e. The van der Waals surface area contributed by atoms with E-state index in [2.05, 4.69) is 10.2 Å². The maximum atomic E-state index is 13.5. The Kier molecular flexibility index (Phi) is 4.83. The molecule has 2 aromatic carbocycles. The fourth-order valence-electron chi connectivity index (χ4n) is 3.58. The SMILES string of the molecule is COCCN1C(=O)c2[nH]nc(-c3ccc(OC)cc3)c2C1c1ccc(F)cc1. The minimum atomic E-state index is -0.367. The normalized spacial score (nSPS) is 15.8. The summed E-state index contributed by atoms with van der Waals surface area (Å²) in [5, 5.41) is 7.30. The van der Waals surface area contributed by atoms with Gasteiger partial charge in [-0.25, -0.2) is 4.39 Å². The van der Waals surface area contributed by atoms with E-state index in [1.165, 1.54) is 12.1 Å². The van der Waals surface area contributed by atoms with E-state index in [0.717, 1.165) is 22.4 Å². The van der Waals surface area contributed by atoms with Gasteiger partial charge in [0.2, 0.25) is 0 Å². The number of fused-ring (bicyclic) bond motifs is 1. The maximum absolute atomic E-state index is 13.5. The fraction of sp³-hybridized carbons (Fsp3) is 0.238. The van der Waals surface area contributed by atoms with Crippen LogP contribution in [-0.4, -0.2) is 48.4 Å². The molecule has 1 aromatic heterocycles. The molecule has 1 amide bonds. The number of nitrogens with one attached hydrogen (secondary N) is 1. The van der Waals surface area contributed by atoms with Crippen LogP contribution >= 0.6 is 0 Å². The number of carbonyl (C=O) groups is 1. The number of benzene rings is 2. The van der Waals surface area contributed by atoms with E-state index < -0.39 is 0 Å². The third-order valence-electron chi connectivity index (χ3n) is 4.95. The highest BCUT2D eigenvalue weighted by Crippen LogP contribution is 2.42. The van der Waals surface area contributed by atoms with Crippen LogP contribution in [0.1, 0.15) is 27.7 Å². The zero-order chi connectivity index (χ0) is 19.7. The Morgan fingerprint density at radius 1 is 1.11 bits per heavy atom. The lowest BCUT2D eigenvalue weighted by molar-refractivity contribution is 0.0677. The van der Waals surface area contributed by atoms with Crippen molar-refractivity contribution in [3.63, 3.8) is 0 Å². The van der Waals surface area contributed by atoms with Crippen molar-refractivity contribution in [1.82, 2.24) is 15.1 Å². The van der Waals surface area contributed by atoms with Crippen molar-refractivity contribution in [1.29, 1.82) is 0 Å². The average Bonchev–Trinajstić information content (AvgIpc) is 3.26. The summed E-state index contributed by atoms with van der Waals surface area (Å²) in [5.41, 5.74) is 3.63. The molecule has 28 heavy (non-hydrogen) atoms. The Hall–Kier alpha value is -3.19. The van der Waals surface area contributed by atoms with E-state index in [4.69, 9.17) is 9.47 Å². The first-order chi connectivity index (χ1) is 13.6. The van der Waals surface area contributed by atoms with Crippen molar-refractivity contribution >= 4 is 5.91 Å². The zero-order valence-corrected chi connectivity index (χ0v) is 15.6. The first-order valence-electron chi connectivity index (χ1n) is 8.92. The molecule has 4 rings (SSSR count). The van der Waals surface area contributed by atoms with Crippen LogP contribution in [0.15, 0.2) is 48.5 Å². The molecule has 0 fully saturated rings. The number of H-pyrrole nitrogens is 1. The second kappa shape index (κ2) is 7.44. The minimum Gasteiger partial charge on any atom is -0.497 e. The smallest absolute Gasteiger partial charge is 0.273 e. The lowest BCUT2D eigenvalue weighted by Gasteiger charge is -2.26. The molecule has 1 N–H and O–H groups in total. The van der Waals surface area contributed by atoms with Crippen molar-refractivity contribution in [2.75, 3.05) is 27.4 Å². The van der Waals surface area contributed by atoms with Crippen LogP contribution in [0.3, 0.4) is 0 Å². The molecule has 1 atom stereocenters. The van der Waals surface area contributed by atoms with Gasteiger partial charge in [0.1, 0.15) is 17.3 Å². The first kappa shape index (κ1) is 18.2. The van der Waals surface area contributed by atoms with Crippen LogP contribution in [0, 0.1) is 5.82 Å².